The number of carbonyl (C=O) groups excluding carboxylic acids is 1. The number of hydrogen-bond acceptors (Lipinski definition) is 4. The fraction of sp³-hybridized carbons (Fsp3) is 0.312. The summed E-state index contributed by atoms with van der Waals surface area (Å²) < 4.78 is 0. The third kappa shape index (κ3) is 4.27. The summed E-state index contributed by atoms with van der Waals surface area (Å²) in [5, 5.41) is 2.89. The van der Waals surface area contributed by atoms with Crippen molar-refractivity contribution in [2.45, 2.75) is 26.2 Å². The van der Waals surface area contributed by atoms with E-state index >= 15 is 0 Å². The molecule has 0 bridgehead atoms. The number of nitrogens with one attached hydrogen (secondary N) is 1. The van der Waals surface area contributed by atoms with Crippen LogP contribution >= 0.6 is 0 Å². The monoisotopic (exact) mass is 284 g/mol. The van der Waals surface area contributed by atoms with Gasteiger partial charge in [0.25, 0.3) is 5.91 Å². The second-order valence-corrected chi connectivity index (χ2v) is 5.23. The highest BCUT2D eigenvalue weighted by atomic mass is 16.1. The number of pyridine rings is 2. The van der Waals surface area contributed by atoms with Gasteiger partial charge in [0.1, 0.15) is 5.82 Å². The molecule has 110 valence electrons. The van der Waals surface area contributed by atoms with Gasteiger partial charge in [-0.25, -0.2) is 4.98 Å². The minimum absolute atomic E-state index is 0.130. The molecule has 0 unspecified atom stereocenters. The van der Waals surface area contributed by atoms with Crippen molar-refractivity contribution in [3.05, 3.63) is 53.5 Å². The molecule has 5 heteroatoms. The van der Waals surface area contributed by atoms with Gasteiger partial charge in [-0.1, -0.05) is 19.9 Å². The number of nitrogen functional groups attached to an aromatic ring is 1. The second kappa shape index (κ2) is 6.83. The third-order valence-corrected chi connectivity index (χ3v) is 3.14. The Morgan fingerprint density at radius 2 is 2.19 bits per heavy atom. The maximum atomic E-state index is 12.2. The molecule has 5 nitrogen and oxygen atoms in total. The normalized spacial score (nSPS) is 10.6. The van der Waals surface area contributed by atoms with Gasteiger partial charge in [0, 0.05) is 30.2 Å². The summed E-state index contributed by atoms with van der Waals surface area (Å²) in [5.74, 6) is 0.476. The number of amides is 1. The van der Waals surface area contributed by atoms with E-state index < -0.39 is 0 Å². The van der Waals surface area contributed by atoms with Crippen molar-refractivity contribution in [2.75, 3.05) is 12.3 Å². The number of nitrogens with two attached hydrogens (primary N) is 1. The van der Waals surface area contributed by atoms with Crippen molar-refractivity contribution in [3.8, 4) is 0 Å². The number of nitrogens with zero attached hydrogens (tertiary/aromatic N) is 2. The summed E-state index contributed by atoms with van der Waals surface area (Å²) in [6.07, 6.45) is 4.28. The Kier molecular flexibility index (Phi) is 4.87. The molecule has 21 heavy (non-hydrogen) atoms. The van der Waals surface area contributed by atoms with Crippen LogP contribution in [0.4, 0.5) is 5.82 Å². The van der Waals surface area contributed by atoms with Crippen molar-refractivity contribution in [3.63, 3.8) is 0 Å². The van der Waals surface area contributed by atoms with Crippen LogP contribution in [-0.2, 0) is 6.42 Å². The molecule has 0 aromatic carbocycles. The van der Waals surface area contributed by atoms with Crippen LogP contribution in [0.5, 0.6) is 0 Å². The fourth-order valence-electron chi connectivity index (χ4n) is 1.97. The quantitative estimate of drug-likeness (QED) is 0.881. The molecular weight excluding hydrogens is 264 g/mol. The molecule has 2 rings (SSSR count). The summed E-state index contributed by atoms with van der Waals surface area (Å²) in [7, 11) is 0. The van der Waals surface area contributed by atoms with Crippen LogP contribution in [0.1, 0.15) is 41.4 Å². The van der Waals surface area contributed by atoms with E-state index in [1.54, 1.807) is 24.5 Å². The molecule has 0 aliphatic rings. The van der Waals surface area contributed by atoms with Crippen LogP contribution in [-0.4, -0.2) is 22.4 Å². The van der Waals surface area contributed by atoms with Crippen molar-refractivity contribution in [1.82, 2.24) is 15.3 Å². The van der Waals surface area contributed by atoms with Crippen LogP contribution in [0.15, 0.2) is 36.7 Å². The first-order valence-corrected chi connectivity index (χ1v) is 7.01. The predicted octanol–water partition coefficient (Wildman–Crippen LogP) is 2.15. The van der Waals surface area contributed by atoms with Gasteiger partial charge in [-0.05, 0) is 36.1 Å². The number of carbonyl (C=O) groups is 1. The van der Waals surface area contributed by atoms with Crippen molar-refractivity contribution in [1.29, 1.82) is 0 Å². The molecule has 1 amide bonds. The van der Waals surface area contributed by atoms with Gasteiger partial charge in [-0.2, -0.15) is 0 Å². The van der Waals surface area contributed by atoms with Crippen molar-refractivity contribution < 1.29 is 4.79 Å². The van der Waals surface area contributed by atoms with Gasteiger partial charge in [-0.15, -0.1) is 0 Å². The molecule has 0 saturated heterocycles. The van der Waals surface area contributed by atoms with E-state index in [1.165, 1.54) is 0 Å². The minimum atomic E-state index is -0.130. The Morgan fingerprint density at radius 3 is 2.86 bits per heavy atom. The van der Waals surface area contributed by atoms with E-state index in [4.69, 9.17) is 5.73 Å². The lowest BCUT2D eigenvalue weighted by molar-refractivity contribution is 0.0954. The molecule has 0 atom stereocenters. The molecule has 2 aromatic heterocycles. The van der Waals surface area contributed by atoms with Gasteiger partial charge < -0.3 is 11.1 Å². The Morgan fingerprint density at radius 1 is 1.38 bits per heavy atom. The Hall–Kier alpha value is -2.43. The molecule has 0 aliphatic heterocycles. The maximum absolute atomic E-state index is 12.2. The molecule has 3 N–H and O–H groups in total. The zero-order valence-electron chi connectivity index (χ0n) is 12.3. The molecule has 2 heterocycles. The number of anilines is 1. The molecule has 2 aromatic rings. The average molecular weight is 284 g/mol. The first-order valence-electron chi connectivity index (χ1n) is 7.01. The molecule has 0 spiro atoms. The molecule has 0 fully saturated rings. The Bertz CT molecular complexity index is 611. The lowest BCUT2D eigenvalue weighted by Gasteiger charge is -2.10. The zero-order chi connectivity index (χ0) is 15.2. The summed E-state index contributed by atoms with van der Waals surface area (Å²) in [6, 6.07) is 7.27. The summed E-state index contributed by atoms with van der Waals surface area (Å²) in [6.45, 7) is 4.60. The van der Waals surface area contributed by atoms with Crippen LogP contribution < -0.4 is 11.1 Å². The fourth-order valence-corrected chi connectivity index (χ4v) is 1.97. The largest absolute Gasteiger partial charge is 0.384 e. The van der Waals surface area contributed by atoms with Crippen LogP contribution in [0.25, 0.3) is 0 Å². The Labute approximate surface area is 124 Å². The Balaban J connectivity index is 1.97. The van der Waals surface area contributed by atoms with Crippen LogP contribution in [0.3, 0.4) is 0 Å². The first kappa shape index (κ1) is 15.0. The van der Waals surface area contributed by atoms with Crippen LogP contribution in [0, 0.1) is 0 Å². The smallest absolute Gasteiger partial charge is 0.251 e. The second-order valence-electron chi connectivity index (χ2n) is 5.23. The lowest BCUT2D eigenvalue weighted by Crippen LogP contribution is -2.26. The van der Waals surface area contributed by atoms with E-state index in [2.05, 4.69) is 15.3 Å². The van der Waals surface area contributed by atoms with Crippen molar-refractivity contribution >= 4 is 11.7 Å². The summed E-state index contributed by atoms with van der Waals surface area (Å²) in [4.78, 5) is 20.4. The highest BCUT2D eigenvalue weighted by molar-refractivity contribution is 5.94. The van der Waals surface area contributed by atoms with E-state index in [1.807, 2.05) is 26.0 Å². The van der Waals surface area contributed by atoms with E-state index in [9.17, 15) is 4.79 Å². The first-order chi connectivity index (χ1) is 10.1. The standard InChI is InChI=1S/C16H20N4O/c1-11(2)14-8-13(9-15(17)20-14)16(21)19-7-5-12-4-3-6-18-10-12/h3-4,6,8-11H,5,7H2,1-2H3,(H2,17,20)(H,19,21). The number of hydrogen-bond donors (Lipinski definition) is 2. The molecule has 0 aliphatic carbocycles. The lowest BCUT2D eigenvalue weighted by atomic mass is 10.1. The molecular formula is C16H20N4O. The van der Waals surface area contributed by atoms with Gasteiger partial charge >= 0.3 is 0 Å². The average Bonchev–Trinajstić information content (AvgIpc) is 2.47. The van der Waals surface area contributed by atoms with Gasteiger partial charge in [0.15, 0.2) is 0 Å². The predicted molar refractivity (Wildman–Crippen MR) is 83.0 cm³/mol. The van der Waals surface area contributed by atoms with E-state index in [-0.39, 0.29) is 11.8 Å². The topological polar surface area (TPSA) is 80.9 Å². The molecule has 0 saturated carbocycles. The van der Waals surface area contributed by atoms with E-state index in [0.29, 0.717) is 17.9 Å². The van der Waals surface area contributed by atoms with Gasteiger partial charge in [-0.3, -0.25) is 9.78 Å². The number of rotatable bonds is 5. The van der Waals surface area contributed by atoms with Crippen molar-refractivity contribution in [2.24, 2.45) is 0 Å². The van der Waals surface area contributed by atoms with Gasteiger partial charge in [0.05, 0.1) is 0 Å². The summed E-state index contributed by atoms with van der Waals surface area (Å²) >= 11 is 0. The third-order valence-electron chi connectivity index (χ3n) is 3.14. The molecule has 0 radical (unpaired) electrons. The number of aromatic nitrogens is 2. The maximum Gasteiger partial charge on any atom is 0.251 e. The van der Waals surface area contributed by atoms with Crippen LogP contribution in [0.2, 0.25) is 0 Å². The summed E-state index contributed by atoms with van der Waals surface area (Å²) in [5.41, 5.74) is 8.23. The highest BCUT2D eigenvalue weighted by Gasteiger charge is 2.10. The van der Waals surface area contributed by atoms with E-state index in [0.717, 1.165) is 17.7 Å². The SMILES string of the molecule is CC(C)c1cc(C(=O)NCCc2cccnc2)cc(N)n1. The van der Waals surface area contributed by atoms with Gasteiger partial charge in [0.2, 0.25) is 0 Å². The highest BCUT2D eigenvalue weighted by Crippen LogP contribution is 2.15. The zero-order valence-corrected chi connectivity index (χ0v) is 12.3. The minimum Gasteiger partial charge on any atom is -0.384 e.